The number of carbonyl (C=O) groups excluding carboxylic acids is 4. The first-order valence-corrected chi connectivity index (χ1v) is 15.2. The van der Waals surface area contributed by atoms with Crippen molar-refractivity contribution in [3.8, 4) is 0 Å². The molecule has 4 atom stereocenters. The number of benzene rings is 2. The second-order valence-electron chi connectivity index (χ2n) is 11.3. The van der Waals surface area contributed by atoms with E-state index in [1.807, 2.05) is 62.4 Å². The fraction of sp³-hybridized carbons (Fsp3) is 0.469. The van der Waals surface area contributed by atoms with Gasteiger partial charge in [0.2, 0.25) is 23.6 Å². The molecule has 0 aliphatic carbocycles. The standard InChI is InChI=1S/C32H49N9O4/c1-20-13-14-23(21(2)17-20)19-27(31(45)39-25(28(35)42)11-6-7-15-33)41-30(44)26(12-8-16-38-32(36)37)40-29(43)24(34)18-22-9-4-3-5-10-22/h3-5,9-10,13-14,17,24-27H,6-8,11-12,15-16,18-19,33-34H2,1-2H3,(H2,35,42)(H,39,45)(H,40,43)(H,41,44)(H4,36,37,38). The predicted octanol–water partition coefficient (Wildman–Crippen LogP) is -0.252. The molecular weight excluding hydrogens is 574 g/mol. The third kappa shape index (κ3) is 13.4. The van der Waals surface area contributed by atoms with Gasteiger partial charge in [0.1, 0.15) is 18.1 Å². The summed E-state index contributed by atoms with van der Waals surface area (Å²) in [6.45, 7) is 4.60. The molecule has 0 aromatic heterocycles. The van der Waals surface area contributed by atoms with Crippen LogP contribution in [0.5, 0.6) is 0 Å². The Labute approximate surface area is 265 Å². The Bertz CT molecular complexity index is 1290. The first-order chi connectivity index (χ1) is 21.4. The molecule has 246 valence electrons. The number of primary amides is 1. The van der Waals surface area contributed by atoms with Gasteiger partial charge in [-0.3, -0.25) is 24.6 Å². The number of rotatable bonds is 19. The van der Waals surface area contributed by atoms with Crippen molar-refractivity contribution in [2.45, 2.75) is 83.0 Å². The average Bonchev–Trinajstić information content (AvgIpc) is 2.99. The number of hydrogen-bond acceptors (Lipinski definition) is 7. The van der Waals surface area contributed by atoms with Crippen LogP contribution in [-0.4, -0.2) is 66.8 Å². The number of unbranched alkanes of at least 4 members (excludes halogenated alkanes) is 1. The first-order valence-electron chi connectivity index (χ1n) is 15.2. The number of nitrogens with one attached hydrogen (secondary N) is 5. The zero-order valence-corrected chi connectivity index (χ0v) is 26.2. The lowest BCUT2D eigenvalue weighted by atomic mass is 9.97. The molecule has 45 heavy (non-hydrogen) atoms. The van der Waals surface area contributed by atoms with E-state index in [2.05, 4.69) is 21.3 Å². The van der Waals surface area contributed by atoms with E-state index in [9.17, 15) is 19.2 Å². The van der Waals surface area contributed by atoms with Crippen molar-refractivity contribution in [3.63, 3.8) is 0 Å². The molecule has 2 aromatic carbocycles. The number of nitrogens with two attached hydrogens (primary N) is 4. The Balaban J connectivity index is 2.28. The molecule has 0 heterocycles. The van der Waals surface area contributed by atoms with Crippen molar-refractivity contribution >= 4 is 29.6 Å². The van der Waals surface area contributed by atoms with Crippen LogP contribution in [0.4, 0.5) is 0 Å². The number of guanidine groups is 1. The van der Waals surface area contributed by atoms with Crippen molar-refractivity contribution in [1.82, 2.24) is 21.3 Å². The molecule has 0 bridgehead atoms. The van der Waals surface area contributed by atoms with Crippen molar-refractivity contribution in [3.05, 3.63) is 70.8 Å². The Morgan fingerprint density at radius 2 is 1.40 bits per heavy atom. The molecule has 13 nitrogen and oxygen atoms in total. The van der Waals surface area contributed by atoms with E-state index >= 15 is 0 Å². The fourth-order valence-electron chi connectivity index (χ4n) is 4.86. The first kappa shape index (κ1) is 36.7. The van der Waals surface area contributed by atoms with Crippen molar-refractivity contribution in [2.24, 2.45) is 22.9 Å². The zero-order chi connectivity index (χ0) is 33.4. The normalized spacial score (nSPS) is 13.5. The molecule has 2 rings (SSSR count). The van der Waals surface area contributed by atoms with E-state index in [0.29, 0.717) is 38.8 Å². The van der Waals surface area contributed by atoms with Gasteiger partial charge in [-0.05, 0) is 75.6 Å². The molecule has 2 aromatic rings. The smallest absolute Gasteiger partial charge is 0.243 e. The van der Waals surface area contributed by atoms with Crippen LogP contribution in [0.15, 0.2) is 48.5 Å². The minimum absolute atomic E-state index is 0.137. The van der Waals surface area contributed by atoms with Gasteiger partial charge in [-0.15, -0.1) is 0 Å². The summed E-state index contributed by atoms with van der Waals surface area (Å²) in [5.74, 6) is -2.61. The molecule has 13 N–H and O–H groups in total. The molecule has 0 aliphatic rings. The molecule has 0 spiro atoms. The zero-order valence-electron chi connectivity index (χ0n) is 26.2. The largest absolute Gasteiger partial charge is 0.370 e. The van der Waals surface area contributed by atoms with E-state index in [1.54, 1.807) is 0 Å². The lowest BCUT2D eigenvalue weighted by molar-refractivity contribution is -0.133. The van der Waals surface area contributed by atoms with Crippen LogP contribution in [0.2, 0.25) is 0 Å². The minimum atomic E-state index is -1.08. The summed E-state index contributed by atoms with van der Waals surface area (Å²) >= 11 is 0. The highest BCUT2D eigenvalue weighted by Crippen LogP contribution is 2.14. The summed E-state index contributed by atoms with van der Waals surface area (Å²) in [4.78, 5) is 52.6. The molecule has 0 fully saturated rings. The van der Waals surface area contributed by atoms with Gasteiger partial charge in [0, 0.05) is 13.0 Å². The number of hydrogen-bond donors (Lipinski definition) is 9. The second kappa shape index (κ2) is 19.0. The predicted molar refractivity (Wildman–Crippen MR) is 175 cm³/mol. The molecule has 4 amide bonds. The maximum absolute atomic E-state index is 13.7. The van der Waals surface area contributed by atoms with Gasteiger partial charge in [-0.2, -0.15) is 0 Å². The van der Waals surface area contributed by atoms with E-state index in [0.717, 1.165) is 22.3 Å². The monoisotopic (exact) mass is 623 g/mol. The highest BCUT2D eigenvalue weighted by atomic mass is 16.2. The van der Waals surface area contributed by atoms with Gasteiger partial charge in [0.15, 0.2) is 5.96 Å². The lowest BCUT2D eigenvalue weighted by Gasteiger charge is -2.26. The van der Waals surface area contributed by atoms with Gasteiger partial charge in [0.05, 0.1) is 6.04 Å². The van der Waals surface area contributed by atoms with Crippen LogP contribution in [0.25, 0.3) is 0 Å². The van der Waals surface area contributed by atoms with Crippen molar-refractivity contribution in [1.29, 1.82) is 5.41 Å². The van der Waals surface area contributed by atoms with Crippen LogP contribution in [0.1, 0.15) is 54.4 Å². The molecule has 0 aliphatic heterocycles. The van der Waals surface area contributed by atoms with E-state index in [-0.39, 0.29) is 25.2 Å². The quantitative estimate of drug-likeness (QED) is 0.0572. The van der Waals surface area contributed by atoms with Crippen LogP contribution in [-0.2, 0) is 32.0 Å². The van der Waals surface area contributed by atoms with E-state index < -0.39 is 47.8 Å². The maximum Gasteiger partial charge on any atom is 0.243 e. The van der Waals surface area contributed by atoms with E-state index in [1.165, 1.54) is 0 Å². The summed E-state index contributed by atoms with van der Waals surface area (Å²) in [6.07, 6.45) is 2.52. The SMILES string of the molecule is Cc1ccc(CC(NC(=O)C(CCCNC(=N)N)NC(=O)C(N)Cc2ccccc2)C(=O)NC(CCCCN)C(N)=O)c(C)c1. The Morgan fingerprint density at radius 1 is 0.778 bits per heavy atom. The van der Waals surface area contributed by atoms with Gasteiger partial charge in [-0.1, -0.05) is 54.1 Å². The van der Waals surface area contributed by atoms with Crippen LogP contribution < -0.4 is 44.2 Å². The maximum atomic E-state index is 13.7. The summed E-state index contributed by atoms with van der Waals surface area (Å²) in [6, 6.07) is 11.1. The Hall–Kier alpha value is -4.49. The highest BCUT2D eigenvalue weighted by molar-refractivity contribution is 5.94. The van der Waals surface area contributed by atoms with E-state index in [4.69, 9.17) is 28.3 Å². The third-order valence-electron chi connectivity index (χ3n) is 7.42. The molecule has 0 radical (unpaired) electrons. The van der Waals surface area contributed by atoms with Crippen molar-refractivity contribution < 1.29 is 19.2 Å². The highest BCUT2D eigenvalue weighted by Gasteiger charge is 2.30. The molecular formula is C32H49N9O4. The molecule has 0 saturated carbocycles. The third-order valence-corrected chi connectivity index (χ3v) is 7.42. The molecule has 13 heteroatoms. The van der Waals surface area contributed by atoms with Gasteiger partial charge in [0.25, 0.3) is 0 Å². The van der Waals surface area contributed by atoms with Gasteiger partial charge >= 0.3 is 0 Å². The Kier molecular flexibility index (Phi) is 15.5. The summed E-state index contributed by atoms with van der Waals surface area (Å²) in [5.41, 5.74) is 26.4. The summed E-state index contributed by atoms with van der Waals surface area (Å²) < 4.78 is 0. The number of amides is 4. The molecule has 0 saturated heterocycles. The number of aryl methyl sites for hydroxylation is 2. The summed E-state index contributed by atoms with van der Waals surface area (Å²) in [7, 11) is 0. The fourth-order valence-corrected chi connectivity index (χ4v) is 4.86. The second-order valence-corrected chi connectivity index (χ2v) is 11.3. The van der Waals surface area contributed by atoms with Gasteiger partial charge < -0.3 is 44.2 Å². The van der Waals surface area contributed by atoms with Crippen LogP contribution >= 0.6 is 0 Å². The number of carbonyl (C=O) groups is 4. The topological polar surface area (TPSA) is 244 Å². The van der Waals surface area contributed by atoms with Crippen LogP contribution in [0.3, 0.4) is 0 Å². The summed E-state index contributed by atoms with van der Waals surface area (Å²) in [5, 5.41) is 18.3. The lowest BCUT2D eigenvalue weighted by Crippen LogP contribution is -2.58. The van der Waals surface area contributed by atoms with Crippen molar-refractivity contribution in [2.75, 3.05) is 13.1 Å². The minimum Gasteiger partial charge on any atom is -0.370 e. The Morgan fingerprint density at radius 3 is 2.02 bits per heavy atom. The van der Waals surface area contributed by atoms with Gasteiger partial charge in [-0.25, -0.2) is 0 Å². The molecule has 4 unspecified atom stereocenters. The average molecular weight is 624 g/mol. The van der Waals surface area contributed by atoms with Crippen LogP contribution in [0, 0.1) is 19.3 Å².